The molecule has 0 bridgehead atoms. The van der Waals surface area contributed by atoms with E-state index in [9.17, 15) is 0 Å². The summed E-state index contributed by atoms with van der Waals surface area (Å²) in [7, 11) is 3.19. The monoisotopic (exact) mass is 320 g/mol. The minimum atomic E-state index is 0.511. The molecule has 21 heavy (non-hydrogen) atoms. The largest absolute Gasteiger partial charge is 0.494 e. The van der Waals surface area contributed by atoms with E-state index in [-0.39, 0.29) is 0 Å². The quantitative estimate of drug-likeness (QED) is 0.756. The zero-order valence-corrected chi connectivity index (χ0v) is 13.1. The maximum absolute atomic E-state index is 6.21. The third kappa shape index (κ3) is 2.62. The lowest BCUT2D eigenvalue weighted by Crippen LogP contribution is -1.90. The van der Waals surface area contributed by atoms with E-state index in [2.05, 4.69) is 10.3 Å². The summed E-state index contributed by atoms with van der Waals surface area (Å²) >= 11 is 7.69. The smallest absolute Gasteiger partial charge is 0.188 e. The molecule has 0 saturated heterocycles. The molecule has 108 valence electrons. The van der Waals surface area contributed by atoms with Crippen LogP contribution in [0.3, 0.4) is 0 Å². The number of benzene rings is 2. The summed E-state index contributed by atoms with van der Waals surface area (Å²) in [5.41, 5.74) is 1.71. The van der Waals surface area contributed by atoms with E-state index < -0.39 is 0 Å². The second-order valence-corrected chi connectivity index (χ2v) is 5.69. The van der Waals surface area contributed by atoms with Crippen molar-refractivity contribution in [2.45, 2.75) is 0 Å². The van der Waals surface area contributed by atoms with Crippen molar-refractivity contribution in [2.24, 2.45) is 0 Å². The maximum Gasteiger partial charge on any atom is 0.188 e. The van der Waals surface area contributed by atoms with E-state index in [1.54, 1.807) is 20.3 Å². The molecule has 0 radical (unpaired) electrons. The van der Waals surface area contributed by atoms with Crippen LogP contribution >= 0.6 is 22.9 Å². The van der Waals surface area contributed by atoms with Crippen LogP contribution < -0.4 is 14.8 Å². The van der Waals surface area contributed by atoms with E-state index in [1.165, 1.54) is 11.3 Å². The Hall–Kier alpha value is -1.98. The molecule has 0 fully saturated rings. The van der Waals surface area contributed by atoms with Gasteiger partial charge in [-0.2, -0.15) is 0 Å². The number of hydrogen-bond acceptors (Lipinski definition) is 5. The van der Waals surface area contributed by atoms with Crippen LogP contribution in [0.2, 0.25) is 5.02 Å². The Morgan fingerprint density at radius 1 is 1.14 bits per heavy atom. The van der Waals surface area contributed by atoms with Crippen LogP contribution in [-0.2, 0) is 0 Å². The standard InChI is InChI=1S/C15H13ClN2O2S/c1-19-11-8-10(16)13(20-2)14-12(11)18-15(21-14)17-9-6-4-3-5-7-9/h3-8H,1-2H3,(H,17,18). The van der Waals surface area contributed by atoms with Crippen molar-refractivity contribution >= 4 is 44.0 Å². The molecule has 2 aromatic carbocycles. The van der Waals surface area contributed by atoms with Gasteiger partial charge in [0.2, 0.25) is 0 Å². The Labute approximate surface area is 131 Å². The Morgan fingerprint density at radius 3 is 2.57 bits per heavy atom. The van der Waals surface area contributed by atoms with Crippen LogP contribution in [-0.4, -0.2) is 19.2 Å². The average Bonchev–Trinajstić information content (AvgIpc) is 2.90. The zero-order chi connectivity index (χ0) is 14.8. The normalized spacial score (nSPS) is 10.6. The minimum absolute atomic E-state index is 0.511. The van der Waals surface area contributed by atoms with Gasteiger partial charge in [0.25, 0.3) is 0 Å². The number of ether oxygens (including phenoxy) is 2. The number of fused-ring (bicyclic) bond motifs is 1. The molecule has 6 heteroatoms. The molecule has 0 unspecified atom stereocenters. The number of methoxy groups -OCH3 is 2. The highest BCUT2D eigenvalue weighted by Gasteiger charge is 2.17. The summed E-state index contributed by atoms with van der Waals surface area (Å²) in [6.45, 7) is 0. The summed E-state index contributed by atoms with van der Waals surface area (Å²) in [6.07, 6.45) is 0. The van der Waals surface area contributed by atoms with Crippen molar-refractivity contribution in [1.29, 1.82) is 0 Å². The van der Waals surface area contributed by atoms with Crippen LogP contribution in [0.1, 0.15) is 0 Å². The summed E-state index contributed by atoms with van der Waals surface area (Å²) in [4.78, 5) is 4.57. The number of nitrogens with zero attached hydrogens (tertiary/aromatic N) is 1. The molecular formula is C15H13ClN2O2S. The molecule has 0 atom stereocenters. The van der Waals surface area contributed by atoms with E-state index in [0.29, 0.717) is 16.5 Å². The average molecular weight is 321 g/mol. The third-order valence-electron chi connectivity index (χ3n) is 2.99. The fourth-order valence-corrected chi connectivity index (χ4v) is 3.40. The zero-order valence-electron chi connectivity index (χ0n) is 11.5. The first-order valence-corrected chi connectivity index (χ1v) is 7.45. The van der Waals surface area contributed by atoms with Gasteiger partial charge in [-0.3, -0.25) is 0 Å². The van der Waals surface area contributed by atoms with Crippen LogP contribution in [0.5, 0.6) is 11.5 Å². The lowest BCUT2D eigenvalue weighted by atomic mass is 10.3. The van der Waals surface area contributed by atoms with Crippen molar-refractivity contribution < 1.29 is 9.47 Å². The summed E-state index contributed by atoms with van der Waals surface area (Å²) in [5.74, 6) is 1.25. The summed E-state index contributed by atoms with van der Waals surface area (Å²) in [5, 5.41) is 4.54. The molecule has 4 nitrogen and oxygen atoms in total. The van der Waals surface area contributed by atoms with Crippen molar-refractivity contribution in [3.05, 3.63) is 41.4 Å². The maximum atomic E-state index is 6.21. The Kier molecular flexibility index (Phi) is 3.86. The molecule has 1 N–H and O–H groups in total. The van der Waals surface area contributed by atoms with Crippen LogP contribution in [0.4, 0.5) is 10.8 Å². The lowest BCUT2D eigenvalue weighted by molar-refractivity contribution is 0.410. The van der Waals surface area contributed by atoms with Gasteiger partial charge in [0.05, 0.1) is 19.2 Å². The second-order valence-electron chi connectivity index (χ2n) is 4.28. The van der Waals surface area contributed by atoms with Gasteiger partial charge in [-0.15, -0.1) is 0 Å². The van der Waals surface area contributed by atoms with Crippen LogP contribution in [0, 0.1) is 0 Å². The molecule has 0 amide bonds. The van der Waals surface area contributed by atoms with E-state index in [4.69, 9.17) is 21.1 Å². The highest BCUT2D eigenvalue weighted by Crippen LogP contribution is 2.44. The second kappa shape index (κ2) is 5.79. The van der Waals surface area contributed by atoms with E-state index in [1.807, 2.05) is 30.3 Å². The van der Waals surface area contributed by atoms with Crippen molar-refractivity contribution in [2.75, 3.05) is 19.5 Å². The summed E-state index contributed by atoms with van der Waals surface area (Å²) in [6, 6.07) is 11.6. The van der Waals surface area contributed by atoms with Gasteiger partial charge in [-0.1, -0.05) is 41.1 Å². The molecule has 0 spiro atoms. The number of anilines is 2. The molecule has 0 aliphatic carbocycles. The first-order valence-electron chi connectivity index (χ1n) is 6.26. The number of halogens is 1. The molecule has 1 heterocycles. The van der Waals surface area contributed by atoms with E-state index >= 15 is 0 Å². The first-order chi connectivity index (χ1) is 10.2. The Bertz CT molecular complexity index is 774. The molecule has 0 saturated carbocycles. The van der Waals surface area contributed by atoms with Gasteiger partial charge < -0.3 is 14.8 Å². The first kappa shape index (κ1) is 14.0. The molecule has 3 aromatic rings. The summed E-state index contributed by atoms with van der Waals surface area (Å²) < 4.78 is 11.6. The molecular weight excluding hydrogens is 308 g/mol. The SMILES string of the molecule is COc1cc(Cl)c(OC)c2sc(Nc3ccccc3)nc12. The minimum Gasteiger partial charge on any atom is -0.494 e. The fraction of sp³-hybridized carbons (Fsp3) is 0.133. The van der Waals surface area contributed by atoms with Gasteiger partial charge in [0, 0.05) is 11.8 Å². The van der Waals surface area contributed by atoms with Gasteiger partial charge in [0.15, 0.2) is 10.9 Å². The Balaban J connectivity index is 2.10. The van der Waals surface area contributed by atoms with Gasteiger partial charge in [-0.25, -0.2) is 4.98 Å². The number of nitrogens with one attached hydrogen (secondary N) is 1. The number of thiazole rings is 1. The van der Waals surface area contributed by atoms with Crippen LogP contribution in [0.25, 0.3) is 10.2 Å². The molecule has 0 aliphatic heterocycles. The lowest BCUT2D eigenvalue weighted by Gasteiger charge is -2.06. The number of para-hydroxylation sites is 1. The highest BCUT2D eigenvalue weighted by atomic mass is 35.5. The third-order valence-corrected chi connectivity index (χ3v) is 4.24. The topological polar surface area (TPSA) is 43.4 Å². The molecule has 3 rings (SSSR count). The van der Waals surface area contributed by atoms with Gasteiger partial charge >= 0.3 is 0 Å². The fourth-order valence-electron chi connectivity index (χ4n) is 2.04. The predicted octanol–water partition coefficient (Wildman–Crippen LogP) is 4.71. The van der Waals surface area contributed by atoms with Gasteiger partial charge in [-0.05, 0) is 12.1 Å². The molecule has 0 aliphatic rings. The van der Waals surface area contributed by atoms with Crippen molar-refractivity contribution in [3.8, 4) is 11.5 Å². The van der Waals surface area contributed by atoms with Crippen LogP contribution in [0.15, 0.2) is 36.4 Å². The highest BCUT2D eigenvalue weighted by molar-refractivity contribution is 7.22. The number of hydrogen-bond donors (Lipinski definition) is 1. The number of rotatable bonds is 4. The van der Waals surface area contributed by atoms with E-state index in [0.717, 1.165) is 21.0 Å². The number of aromatic nitrogens is 1. The van der Waals surface area contributed by atoms with Gasteiger partial charge in [0.1, 0.15) is 16.0 Å². The Morgan fingerprint density at radius 2 is 1.90 bits per heavy atom. The van der Waals surface area contributed by atoms with Crippen molar-refractivity contribution in [1.82, 2.24) is 4.98 Å². The predicted molar refractivity (Wildman–Crippen MR) is 87.5 cm³/mol. The van der Waals surface area contributed by atoms with Crippen molar-refractivity contribution in [3.63, 3.8) is 0 Å². The molecule has 1 aromatic heterocycles.